The summed E-state index contributed by atoms with van der Waals surface area (Å²) in [6.45, 7) is 4.27. The molecule has 1 aliphatic rings. The second-order valence-corrected chi connectivity index (χ2v) is 5.76. The normalized spacial score (nSPS) is 19.7. The number of nitrogens with one attached hydrogen (secondary N) is 1. The van der Waals surface area contributed by atoms with Gasteiger partial charge in [-0.2, -0.15) is 0 Å². The van der Waals surface area contributed by atoms with E-state index in [4.69, 9.17) is 0 Å². The van der Waals surface area contributed by atoms with E-state index in [1.165, 1.54) is 5.56 Å². The standard InChI is InChI=1S/C12H15BrN2S/c1-3-9-7-16-12(14-9)15-10-4-5-11(13)8(2)6-10/h4-6,9H,3,7H2,1-2H3,(H,14,15). The van der Waals surface area contributed by atoms with Crippen molar-refractivity contribution in [3.8, 4) is 0 Å². The van der Waals surface area contributed by atoms with Gasteiger partial charge in [-0.15, -0.1) is 0 Å². The molecule has 1 aromatic carbocycles. The van der Waals surface area contributed by atoms with Gasteiger partial charge >= 0.3 is 0 Å². The number of benzene rings is 1. The fourth-order valence-corrected chi connectivity index (χ4v) is 2.86. The van der Waals surface area contributed by atoms with Gasteiger partial charge in [-0.3, -0.25) is 4.99 Å². The van der Waals surface area contributed by atoms with Crippen LogP contribution in [0.25, 0.3) is 0 Å². The lowest BCUT2D eigenvalue weighted by atomic mass is 10.2. The molecule has 0 aromatic heterocycles. The van der Waals surface area contributed by atoms with E-state index in [9.17, 15) is 0 Å². The van der Waals surface area contributed by atoms with Crippen LogP contribution in [0.2, 0.25) is 0 Å². The summed E-state index contributed by atoms with van der Waals surface area (Å²) >= 11 is 5.31. The van der Waals surface area contributed by atoms with Gasteiger partial charge in [-0.1, -0.05) is 34.6 Å². The molecule has 1 unspecified atom stereocenters. The van der Waals surface area contributed by atoms with Crippen LogP contribution < -0.4 is 5.32 Å². The van der Waals surface area contributed by atoms with E-state index >= 15 is 0 Å². The molecule has 0 bridgehead atoms. The minimum Gasteiger partial charge on any atom is -0.335 e. The van der Waals surface area contributed by atoms with Crippen molar-refractivity contribution in [3.63, 3.8) is 0 Å². The van der Waals surface area contributed by atoms with Crippen LogP contribution >= 0.6 is 27.7 Å². The van der Waals surface area contributed by atoms with Crippen LogP contribution in [0.4, 0.5) is 5.69 Å². The van der Waals surface area contributed by atoms with Crippen LogP contribution in [-0.4, -0.2) is 17.0 Å². The molecule has 0 saturated heterocycles. The Balaban J connectivity index is 2.07. The number of rotatable bonds is 2. The Morgan fingerprint density at radius 2 is 2.38 bits per heavy atom. The van der Waals surface area contributed by atoms with Crippen molar-refractivity contribution < 1.29 is 0 Å². The average molecular weight is 299 g/mol. The number of nitrogens with zero attached hydrogens (tertiary/aromatic N) is 1. The molecule has 1 heterocycles. The molecule has 1 atom stereocenters. The first kappa shape index (κ1) is 12.0. The van der Waals surface area contributed by atoms with Crippen molar-refractivity contribution in [2.45, 2.75) is 26.3 Å². The van der Waals surface area contributed by atoms with Crippen molar-refractivity contribution in [1.82, 2.24) is 0 Å². The molecule has 0 spiro atoms. The van der Waals surface area contributed by atoms with E-state index < -0.39 is 0 Å². The second-order valence-electron chi connectivity index (χ2n) is 3.90. The third-order valence-electron chi connectivity index (χ3n) is 2.59. The third-order valence-corrected chi connectivity index (χ3v) is 4.51. The zero-order valence-corrected chi connectivity index (χ0v) is 11.9. The Labute approximate surface area is 109 Å². The van der Waals surface area contributed by atoms with Crippen LogP contribution in [0.3, 0.4) is 0 Å². The topological polar surface area (TPSA) is 24.4 Å². The van der Waals surface area contributed by atoms with Crippen LogP contribution in [0, 0.1) is 6.92 Å². The summed E-state index contributed by atoms with van der Waals surface area (Å²) in [6, 6.07) is 6.75. The van der Waals surface area contributed by atoms with Gasteiger partial charge < -0.3 is 5.32 Å². The lowest BCUT2D eigenvalue weighted by molar-refractivity contribution is 0.738. The van der Waals surface area contributed by atoms with E-state index in [1.54, 1.807) is 0 Å². The molecular weight excluding hydrogens is 284 g/mol. The first-order valence-corrected chi connectivity index (χ1v) is 7.20. The number of aryl methyl sites for hydroxylation is 1. The highest BCUT2D eigenvalue weighted by atomic mass is 79.9. The minimum absolute atomic E-state index is 0.490. The van der Waals surface area contributed by atoms with E-state index in [-0.39, 0.29) is 0 Å². The summed E-state index contributed by atoms with van der Waals surface area (Å²) in [6.07, 6.45) is 1.12. The zero-order valence-electron chi connectivity index (χ0n) is 9.46. The summed E-state index contributed by atoms with van der Waals surface area (Å²) in [7, 11) is 0. The molecule has 2 rings (SSSR count). The number of thioether (sulfide) groups is 1. The molecule has 1 aliphatic heterocycles. The van der Waals surface area contributed by atoms with E-state index in [2.05, 4.69) is 58.3 Å². The van der Waals surface area contributed by atoms with E-state index in [0.717, 1.165) is 27.5 Å². The van der Waals surface area contributed by atoms with Crippen LogP contribution in [-0.2, 0) is 0 Å². The Kier molecular flexibility index (Phi) is 3.92. The van der Waals surface area contributed by atoms with Crippen molar-refractivity contribution in [2.24, 2.45) is 4.99 Å². The Hall–Kier alpha value is -0.480. The molecule has 2 nitrogen and oxygen atoms in total. The van der Waals surface area contributed by atoms with E-state index in [1.807, 2.05) is 11.8 Å². The van der Waals surface area contributed by atoms with Crippen LogP contribution in [0.1, 0.15) is 18.9 Å². The maximum absolute atomic E-state index is 4.61. The minimum atomic E-state index is 0.490. The lowest BCUT2D eigenvalue weighted by Crippen LogP contribution is -2.05. The Morgan fingerprint density at radius 1 is 1.56 bits per heavy atom. The van der Waals surface area contributed by atoms with Gasteiger partial charge in [0.05, 0.1) is 6.04 Å². The molecule has 0 aliphatic carbocycles. The highest BCUT2D eigenvalue weighted by Gasteiger charge is 2.16. The summed E-state index contributed by atoms with van der Waals surface area (Å²) in [5, 5.41) is 4.41. The second kappa shape index (κ2) is 5.23. The third kappa shape index (κ3) is 2.80. The molecule has 0 amide bonds. The lowest BCUT2D eigenvalue weighted by Gasteiger charge is -2.06. The van der Waals surface area contributed by atoms with Crippen LogP contribution in [0.15, 0.2) is 27.7 Å². The number of aliphatic imine (C=N–C) groups is 1. The highest BCUT2D eigenvalue weighted by molar-refractivity contribution is 9.10. The molecule has 1 N–H and O–H groups in total. The summed E-state index contributed by atoms with van der Waals surface area (Å²) in [5.41, 5.74) is 2.35. The van der Waals surface area contributed by atoms with Gasteiger partial charge in [0, 0.05) is 15.9 Å². The van der Waals surface area contributed by atoms with Gasteiger partial charge in [0.1, 0.15) is 0 Å². The number of hydrogen-bond acceptors (Lipinski definition) is 3. The maximum Gasteiger partial charge on any atom is 0.161 e. The molecule has 4 heteroatoms. The van der Waals surface area contributed by atoms with E-state index in [0.29, 0.717) is 6.04 Å². The Bertz CT molecular complexity index is 417. The fourth-order valence-electron chi connectivity index (χ4n) is 1.54. The number of amidine groups is 1. The molecule has 0 fully saturated rings. The SMILES string of the molecule is CCC1CSC(Nc2ccc(Br)c(C)c2)=N1. The van der Waals surface area contributed by atoms with Crippen molar-refractivity contribution >= 4 is 38.5 Å². The molecular formula is C12H15BrN2S. The fraction of sp³-hybridized carbons (Fsp3) is 0.417. The van der Waals surface area contributed by atoms with Gasteiger partial charge in [-0.05, 0) is 37.1 Å². The zero-order chi connectivity index (χ0) is 11.5. The van der Waals surface area contributed by atoms with Crippen LogP contribution in [0.5, 0.6) is 0 Å². The first-order valence-electron chi connectivity index (χ1n) is 5.43. The monoisotopic (exact) mass is 298 g/mol. The molecule has 1 aromatic rings. The molecule has 86 valence electrons. The average Bonchev–Trinajstić information content (AvgIpc) is 2.71. The van der Waals surface area contributed by atoms with Gasteiger partial charge in [0.2, 0.25) is 0 Å². The summed E-state index contributed by atoms with van der Waals surface area (Å²) < 4.78 is 1.14. The predicted octanol–water partition coefficient (Wildman–Crippen LogP) is 4.05. The van der Waals surface area contributed by atoms with Gasteiger partial charge in [0.25, 0.3) is 0 Å². The van der Waals surface area contributed by atoms with Crippen molar-refractivity contribution in [1.29, 1.82) is 0 Å². The quantitative estimate of drug-likeness (QED) is 0.891. The molecule has 0 saturated carbocycles. The predicted molar refractivity (Wildman–Crippen MR) is 76.5 cm³/mol. The smallest absolute Gasteiger partial charge is 0.161 e. The summed E-state index contributed by atoms with van der Waals surface area (Å²) in [4.78, 5) is 4.61. The van der Waals surface area contributed by atoms with Crippen molar-refractivity contribution in [3.05, 3.63) is 28.2 Å². The summed E-state index contributed by atoms with van der Waals surface area (Å²) in [5.74, 6) is 1.11. The van der Waals surface area contributed by atoms with Gasteiger partial charge in [0.15, 0.2) is 5.17 Å². The highest BCUT2D eigenvalue weighted by Crippen LogP contribution is 2.24. The van der Waals surface area contributed by atoms with Gasteiger partial charge in [-0.25, -0.2) is 0 Å². The maximum atomic E-state index is 4.61. The largest absolute Gasteiger partial charge is 0.335 e. The number of hydrogen-bond donors (Lipinski definition) is 1. The number of halogens is 1. The Morgan fingerprint density at radius 3 is 3.00 bits per heavy atom. The number of anilines is 1. The molecule has 16 heavy (non-hydrogen) atoms. The van der Waals surface area contributed by atoms with Crippen molar-refractivity contribution in [2.75, 3.05) is 11.1 Å². The molecule has 0 radical (unpaired) electrons. The first-order chi connectivity index (χ1) is 7.69.